The Morgan fingerprint density at radius 1 is 1.21 bits per heavy atom. The molecule has 1 amide bonds. The number of benzene rings is 1. The molecule has 1 aromatic carbocycles. The highest BCUT2D eigenvalue weighted by molar-refractivity contribution is 5.94. The third kappa shape index (κ3) is 3.99. The van der Waals surface area contributed by atoms with E-state index in [1.54, 1.807) is 0 Å². The summed E-state index contributed by atoms with van der Waals surface area (Å²) in [5, 5.41) is 5.92. The Morgan fingerprint density at radius 2 is 1.97 bits per heavy atom. The van der Waals surface area contributed by atoms with Crippen molar-refractivity contribution in [2.75, 3.05) is 26.7 Å². The Balaban J connectivity index is 1.59. The van der Waals surface area contributed by atoms with E-state index in [2.05, 4.69) is 20.5 Å². The van der Waals surface area contributed by atoms with E-state index in [9.17, 15) is 4.79 Å². The molecular formula is C25H27F2N5O. The molecule has 1 aliphatic heterocycles. The molecular weight excluding hydrogens is 424 g/mol. The first-order valence-electron chi connectivity index (χ1n) is 11.3. The van der Waals surface area contributed by atoms with Crippen LogP contribution in [0, 0.1) is 18.6 Å². The van der Waals surface area contributed by atoms with Crippen LogP contribution < -0.4 is 10.6 Å². The first-order valence-corrected chi connectivity index (χ1v) is 11.3. The predicted octanol–water partition coefficient (Wildman–Crippen LogP) is 3.79. The molecule has 3 heterocycles. The van der Waals surface area contributed by atoms with Crippen LogP contribution in [0.3, 0.4) is 0 Å². The number of nitrogens with one attached hydrogen (secondary N) is 2. The van der Waals surface area contributed by atoms with Gasteiger partial charge in [0.1, 0.15) is 17.3 Å². The van der Waals surface area contributed by atoms with E-state index in [1.807, 2.05) is 29.7 Å². The van der Waals surface area contributed by atoms with Crippen LogP contribution in [-0.2, 0) is 6.54 Å². The van der Waals surface area contributed by atoms with Gasteiger partial charge in [-0.15, -0.1) is 0 Å². The lowest BCUT2D eigenvalue weighted by Crippen LogP contribution is -2.42. The number of nitrogens with zero attached hydrogens (tertiary/aromatic N) is 3. The van der Waals surface area contributed by atoms with Crippen molar-refractivity contribution in [3.8, 4) is 11.3 Å². The van der Waals surface area contributed by atoms with Crippen molar-refractivity contribution in [1.82, 2.24) is 24.9 Å². The third-order valence-corrected chi connectivity index (χ3v) is 6.55. The number of imidazole rings is 1. The smallest absolute Gasteiger partial charge is 0.251 e. The van der Waals surface area contributed by atoms with Gasteiger partial charge in [-0.05, 0) is 61.6 Å². The molecule has 0 spiro atoms. The molecule has 0 unspecified atom stereocenters. The minimum Gasteiger partial charge on any atom is -0.386 e. The van der Waals surface area contributed by atoms with Gasteiger partial charge in [0.05, 0.1) is 17.0 Å². The number of carbonyl (C=O) groups excluding carboxylic acids is 1. The van der Waals surface area contributed by atoms with Gasteiger partial charge in [0, 0.05) is 50.7 Å². The summed E-state index contributed by atoms with van der Waals surface area (Å²) in [5.74, 6) is -2.14. The van der Waals surface area contributed by atoms with Crippen LogP contribution in [0.25, 0.3) is 16.9 Å². The van der Waals surface area contributed by atoms with Gasteiger partial charge in [-0.3, -0.25) is 9.69 Å². The highest BCUT2D eigenvalue weighted by atomic mass is 19.1. The lowest BCUT2D eigenvalue weighted by molar-refractivity contribution is 0.0962. The van der Waals surface area contributed by atoms with Crippen molar-refractivity contribution in [3.63, 3.8) is 0 Å². The molecule has 0 radical (unpaired) electrons. The fourth-order valence-corrected chi connectivity index (χ4v) is 4.59. The van der Waals surface area contributed by atoms with Gasteiger partial charge in [-0.2, -0.15) is 0 Å². The monoisotopic (exact) mass is 451 g/mol. The molecule has 2 aromatic heterocycles. The minimum absolute atomic E-state index is 0.0590. The number of pyridine rings is 1. The Bertz CT molecular complexity index is 1250. The van der Waals surface area contributed by atoms with E-state index in [0.29, 0.717) is 12.2 Å². The van der Waals surface area contributed by atoms with Crippen LogP contribution in [0.1, 0.15) is 40.9 Å². The van der Waals surface area contributed by atoms with Crippen LogP contribution in [0.4, 0.5) is 8.78 Å². The average Bonchev–Trinajstić information content (AvgIpc) is 3.08. The molecule has 8 heteroatoms. The number of carbonyl (C=O) groups is 1. The molecule has 3 aromatic rings. The summed E-state index contributed by atoms with van der Waals surface area (Å²) in [4.78, 5) is 18.8. The fourth-order valence-electron chi connectivity index (χ4n) is 4.59. The van der Waals surface area contributed by atoms with E-state index < -0.39 is 17.5 Å². The highest BCUT2D eigenvalue weighted by Crippen LogP contribution is 2.33. The zero-order valence-corrected chi connectivity index (χ0v) is 18.8. The maximum atomic E-state index is 15.2. The summed E-state index contributed by atoms with van der Waals surface area (Å²) in [6.07, 6.45) is 5.43. The number of piperazine rings is 1. The first kappa shape index (κ1) is 21.6. The van der Waals surface area contributed by atoms with Gasteiger partial charge in [0.15, 0.2) is 0 Å². The van der Waals surface area contributed by atoms with Gasteiger partial charge < -0.3 is 15.0 Å². The van der Waals surface area contributed by atoms with Crippen molar-refractivity contribution >= 4 is 11.6 Å². The van der Waals surface area contributed by atoms with Crippen LogP contribution in [0.5, 0.6) is 0 Å². The van der Waals surface area contributed by atoms with Gasteiger partial charge in [0.25, 0.3) is 5.91 Å². The second-order valence-electron chi connectivity index (χ2n) is 8.81. The number of hydrogen-bond donors (Lipinski definition) is 2. The van der Waals surface area contributed by atoms with Crippen molar-refractivity contribution in [3.05, 3.63) is 70.2 Å². The standard InChI is InChI=1S/C25H27F2N5O/c1-15-6-8-32-21(14-31-9-7-29-20(13-31)16-4-3-5-16)24(30-22(32)10-15)23-18(26)11-17(12-19(23)27)25(33)28-2/h6,8,10-12,29H,3-5,7,9,13-14H2,1-2H3,(H,28,33). The Hall–Kier alpha value is -3.26. The summed E-state index contributed by atoms with van der Waals surface area (Å²) < 4.78 is 32.3. The SMILES string of the molecule is CNC(=O)c1cc(F)c(-c2nc3cc(C)ccn3c2CN2CCNC(=C3CCC3)C2)c(F)c1. The lowest BCUT2D eigenvalue weighted by atomic mass is 9.90. The average molecular weight is 452 g/mol. The van der Waals surface area contributed by atoms with E-state index in [1.165, 1.54) is 24.7 Å². The first-order chi connectivity index (χ1) is 15.9. The quantitative estimate of drug-likeness (QED) is 0.634. The van der Waals surface area contributed by atoms with Crippen LogP contribution >= 0.6 is 0 Å². The number of fused-ring (bicyclic) bond motifs is 1. The van der Waals surface area contributed by atoms with Crippen molar-refractivity contribution in [1.29, 1.82) is 0 Å². The second-order valence-corrected chi connectivity index (χ2v) is 8.81. The largest absolute Gasteiger partial charge is 0.386 e. The summed E-state index contributed by atoms with van der Waals surface area (Å²) in [6.45, 7) is 4.92. The Morgan fingerprint density at radius 3 is 2.64 bits per heavy atom. The van der Waals surface area contributed by atoms with Gasteiger partial charge >= 0.3 is 0 Å². The van der Waals surface area contributed by atoms with Crippen molar-refractivity contribution in [2.24, 2.45) is 0 Å². The van der Waals surface area contributed by atoms with Crippen LogP contribution in [0.15, 0.2) is 41.7 Å². The van der Waals surface area contributed by atoms with Crippen LogP contribution in [-0.4, -0.2) is 46.9 Å². The number of rotatable bonds is 4. The molecule has 1 saturated carbocycles. The number of halogens is 2. The molecule has 1 saturated heterocycles. The normalized spacial score (nSPS) is 16.6. The van der Waals surface area contributed by atoms with E-state index in [-0.39, 0.29) is 16.8 Å². The number of aromatic nitrogens is 2. The van der Waals surface area contributed by atoms with E-state index in [4.69, 9.17) is 0 Å². The third-order valence-electron chi connectivity index (χ3n) is 6.55. The molecule has 0 atom stereocenters. The van der Waals surface area contributed by atoms with Crippen LogP contribution in [0.2, 0.25) is 0 Å². The summed E-state index contributed by atoms with van der Waals surface area (Å²) >= 11 is 0. The Kier molecular flexibility index (Phi) is 5.62. The number of amides is 1. The molecule has 0 bridgehead atoms. The molecule has 6 nitrogen and oxygen atoms in total. The maximum absolute atomic E-state index is 15.2. The maximum Gasteiger partial charge on any atom is 0.251 e. The molecule has 1 aliphatic carbocycles. The molecule has 5 rings (SSSR count). The fraction of sp³-hybridized carbons (Fsp3) is 0.360. The minimum atomic E-state index is -0.799. The number of allylic oxidation sites excluding steroid dienone is 1. The molecule has 2 fully saturated rings. The van der Waals surface area contributed by atoms with Crippen molar-refractivity contribution in [2.45, 2.75) is 32.7 Å². The molecule has 2 N–H and O–H groups in total. The van der Waals surface area contributed by atoms with E-state index >= 15 is 8.78 Å². The molecule has 172 valence electrons. The molecule has 2 aliphatic rings. The predicted molar refractivity (Wildman–Crippen MR) is 123 cm³/mol. The lowest BCUT2D eigenvalue weighted by Gasteiger charge is -2.33. The van der Waals surface area contributed by atoms with E-state index in [0.717, 1.165) is 55.9 Å². The van der Waals surface area contributed by atoms with Gasteiger partial charge in [0.2, 0.25) is 0 Å². The zero-order valence-electron chi connectivity index (χ0n) is 18.8. The summed E-state index contributed by atoms with van der Waals surface area (Å²) in [6, 6.07) is 6.00. The van der Waals surface area contributed by atoms with Gasteiger partial charge in [-0.25, -0.2) is 13.8 Å². The summed E-state index contributed by atoms with van der Waals surface area (Å²) in [5.41, 5.74) is 5.16. The van der Waals surface area contributed by atoms with Gasteiger partial charge in [-0.1, -0.05) is 0 Å². The Labute approximate surface area is 191 Å². The zero-order chi connectivity index (χ0) is 23.1. The summed E-state index contributed by atoms with van der Waals surface area (Å²) in [7, 11) is 1.43. The number of aryl methyl sites for hydroxylation is 1. The second kappa shape index (κ2) is 8.59. The van der Waals surface area contributed by atoms with Crippen molar-refractivity contribution < 1.29 is 13.6 Å². The molecule has 33 heavy (non-hydrogen) atoms. The highest BCUT2D eigenvalue weighted by Gasteiger charge is 2.26. The topological polar surface area (TPSA) is 61.7 Å². The number of hydrogen-bond acceptors (Lipinski definition) is 4.